The lowest BCUT2D eigenvalue weighted by atomic mass is 10.0. The second kappa shape index (κ2) is 5.40. The zero-order valence-corrected chi connectivity index (χ0v) is 10.8. The van der Waals surface area contributed by atoms with E-state index in [0.717, 1.165) is 6.07 Å². The van der Waals surface area contributed by atoms with Crippen LogP contribution in [0.15, 0.2) is 18.2 Å². The minimum absolute atomic E-state index is 0.139. The predicted octanol–water partition coefficient (Wildman–Crippen LogP) is 3.69. The van der Waals surface area contributed by atoms with Gasteiger partial charge in [-0.3, -0.25) is 0 Å². The third-order valence-electron chi connectivity index (χ3n) is 3.43. The van der Waals surface area contributed by atoms with Crippen molar-refractivity contribution in [3.63, 3.8) is 0 Å². The van der Waals surface area contributed by atoms with Gasteiger partial charge in [0.25, 0.3) is 0 Å². The van der Waals surface area contributed by atoms with E-state index in [1.807, 2.05) is 0 Å². The van der Waals surface area contributed by atoms with Crippen LogP contribution in [-0.4, -0.2) is 24.3 Å². The van der Waals surface area contributed by atoms with Crippen LogP contribution >= 0.6 is 0 Å². The molecule has 0 atom stereocenters. The largest absolute Gasteiger partial charge is 0.418 e. The number of aliphatic hydroxyl groups excluding tert-OH is 1. The summed E-state index contributed by atoms with van der Waals surface area (Å²) in [4.78, 5) is 1.36. The van der Waals surface area contributed by atoms with Crippen molar-refractivity contribution in [1.82, 2.24) is 0 Å². The van der Waals surface area contributed by atoms with E-state index in [2.05, 4.69) is 0 Å². The molecular weight excluding hydrogens is 300 g/mol. The summed E-state index contributed by atoms with van der Waals surface area (Å²) in [6.07, 6.45) is -9.69. The molecule has 1 heterocycles. The fraction of sp³-hybridized carbons (Fsp3) is 0.538. The summed E-state index contributed by atoms with van der Waals surface area (Å²) in [7, 11) is 0. The van der Waals surface area contributed by atoms with E-state index in [0.29, 0.717) is 6.07 Å². The van der Waals surface area contributed by atoms with Gasteiger partial charge >= 0.3 is 12.4 Å². The predicted molar refractivity (Wildman–Crippen MR) is 63.9 cm³/mol. The average molecular weight is 313 g/mol. The Labute approximate surface area is 117 Å². The minimum atomic E-state index is -4.87. The number of alkyl halides is 6. The maximum Gasteiger partial charge on any atom is 0.418 e. The van der Waals surface area contributed by atoms with Crippen molar-refractivity contribution in [2.75, 3.05) is 18.0 Å². The second-order valence-electron chi connectivity index (χ2n) is 4.95. The molecule has 0 amide bonds. The maximum absolute atomic E-state index is 13.0. The van der Waals surface area contributed by atoms with Crippen molar-refractivity contribution >= 4 is 5.69 Å². The van der Waals surface area contributed by atoms with Gasteiger partial charge in [0.05, 0.1) is 17.2 Å². The van der Waals surface area contributed by atoms with E-state index < -0.39 is 29.6 Å². The lowest BCUT2D eigenvalue weighted by Gasteiger charge is -2.33. The van der Waals surface area contributed by atoms with Gasteiger partial charge in [-0.15, -0.1) is 0 Å². The standard InChI is InChI=1S/C13H13F6NO/c14-12(15,16)8-1-2-11(10(7-8)13(17,18)19)20-5-3-9(21)4-6-20/h1-2,7,9,21H,3-6H2. The monoisotopic (exact) mass is 313 g/mol. The molecule has 1 fully saturated rings. The van der Waals surface area contributed by atoms with Gasteiger partial charge in [-0.1, -0.05) is 0 Å². The highest BCUT2D eigenvalue weighted by molar-refractivity contribution is 5.57. The number of hydrogen-bond acceptors (Lipinski definition) is 2. The van der Waals surface area contributed by atoms with E-state index in [4.69, 9.17) is 0 Å². The first-order chi connectivity index (χ1) is 9.59. The first-order valence-corrected chi connectivity index (χ1v) is 6.30. The first-order valence-electron chi connectivity index (χ1n) is 6.30. The van der Waals surface area contributed by atoms with Crippen LogP contribution in [0.2, 0.25) is 0 Å². The number of piperidine rings is 1. The van der Waals surface area contributed by atoms with Crippen molar-refractivity contribution < 1.29 is 31.4 Å². The van der Waals surface area contributed by atoms with Gasteiger partial charge in [0, 0.05) is 18.8 Å². The number of benzene rings is 1. The van der Waals surface area contributed by atoms with Crippen LogP contribution in [0.3, 0.4) is 0 Å². The second-order valence-corrected chi connectivity index (χ2v) is 4.95. The van der Waals surface area contributed by atoms with Crippen molar-refractivity contribution in [2.24, 2.45) is 0 Å². The summed E-state index contributed by atoms with van der Waals surface area (Å²) >= 11 is 0. The molecule has 21 heavy (non-hydrogen) atoms. The normalized spacial score (nSPS) is 18.1. The molecule has 0 aliphatic carbocycles. The lowest BCUT2D eigenvalue weighted by molar-refractivity contribution is -0.142. The number of anilines is 1. The van der Waals surface area contributed by atoms with Gasteiger partial charge < -0.3 is 10.0 Å². The third kappa shape index (κ3) is 3.61. The highest BCUT2D eigenvalue weighted by atomic mass is 19.4. The molecule has 2 rings (SSSR count). The Balaban J connectivity index is 2.41. The van der Waals surface area contributed by atoms with E-state index in [9.17, 15) is 31.4 Å². The summed E-state index contributed by atoms with van der Waals surface area (Å²) in [6, 6.07) is 1.64. The smallest absolute Gasteiger partial charge is 0.393 e. The molecule has 1 aliphatic rings. The molecule has 1 aliphatic heterocycles. The highest BCUT2D eigenvalue weighted by Gasteiger charge is 2.39. The van der Waals surface area contributed by atoms with Gasteiger partial charge in [0.1, 0.15) is 0 Å². The van der Waals surface area contributed by atoms with E-state index >= 15 is 0 Å². The average Bonchev–Trinajstić information content (AvgIpc) is 2.37. The van der Waals surface area contributed by atoms with Crippen molar-refractivity contribution in [1.29, 1.82) is 0 Å². The molecule has 0 unspecified atom stereocenters. The van der Waals surface area contributed by atoms with Crippen LogP contribution in [0.1, 0.15) is 24.0 Å². The lowest BCUT2D eigenvalue weighted by Crippen LogP contribution is -2.37. The van der Waals surface area contributed by atoms with Crippen LogP contribution in [0.5, 0.6) is 0 Å². The fourth-order valence-corrected chi connectivity index (χ4v) is 2.32. The fourth-order valence-electron chi connectivity index (χ4n) is 2.32. The number of halogens is 6. The van der Waals surface area contributed by atoms with Gasteiger partial charge in [0.2, 0.25) is 0 Å². The van der Waals surface area contributed by atoms with Gasteiger partial charge in [0.15, 0.2) is 0 Å². The van der Waals surface area contributed by atoms with Crippen LogP contribution in [0.4, 0.5) is 32.0 Å². The van der Waals surface area contributed by atoms with Crippen LogP contribution in [0, 0.1) is 0 Å². The molecule has 118 valence electrons. The summed E-state index contributed by atoms with van der Waals surface area (Å²) in [5.41, 5.74) is -2.90. The Kier molecular flexibility index (Phi) is 4.10. The van der Waals surface area contributed by atoms with E-state index in [1.165, 1.54) is 4.90 Å². The molecule has 0 bridgehead atoms. The zero-order chi connectivity index (χ0) is 15.8. The third-order valence-corrected chi connectivity index (χ3v) is 3.43. The Morgan fingerprint density at radius 3 is 2.00 bits per heavy atom. The van der Waals surface area contributed by atoms with Crippen molar-refractivity contribution in [3.8, 4) is 0 Å². The highest BCUT2D eigenvalue weighted by Crippen LogP contribution is 2.41. The summed E-state index contributed by atoms with van der Waals surface area (Å²) < 4.78 is 76.7. The first kappa shape index (κ1) is 15.9. The van der Waals surface area contributed by atoms with E-state index in [-0.39, 0.29) is 37.7 Å². The van der Waals surface area contributed by atoms with Gasteiger partial charge in [-0.05, 0) is 31.0 Å². The van der Waals surface area contributed by atoms with Crippen LogP contribution < -0.4 is 4.90 Å². The minimum Gasteiger partial charge on any atom is -0.393 e. The Morgan fingerprint density at radius 2 is 1.52 bits per heavy atom. The molecule has 2 nitrogen and oxygen atoms in total. The molecule has 1 aromatic carbocycles. The molecule has 0 radical (unpaired) electrons. The molecule has 1 N–H and O–H groups in total. The molecule has 0 saturated carbocycles. The van der Waals surface area contributed by atoms with Crippen molar-refractivity contribution in [3.05, 3.63) is 29.3 Å². The quantitative estimate of drug-likeness (QED) is 0.800. The maximum atomic E-state index is 13.0. The summed E-state index contributed by atoms with van der Waals surface area (Å²) in [6.45, 7) is 0.352. The van der Waals surface area contributed by atoms with Gasteiger partial charge in [-0.25, -0.2) is 0 Å². The number of rotatable bonds is 1. The molecule has 0 aromatic heterocycles. The Morgan fingerprint density at radius 1 is 0.952 bits per heavy atom. The van der Waals surface area contributed by atoms with Gasteiger partial charge in [-0.2, -0.15) is 26.3 Å². The van der Waals surface area contributed by atoms with Crippen LogP contribution in [0.25, 0.3) is 0 Å². The van der Waals surface area contributed by atoms with Crippen molar-refractivity contribution in [2.45, 2.75) is 31.3 Å². The topological polar surface area (TPSA) is 23.5 Å². The SMILES string of the molecule is OC1CCN(c2ccc(C(F)(F)F)cc2C(F)(F)F)CC1. The molecule has 1 aromatic rings. The van der Waals surface area contributed by atoms with Crippen LogP contribution in [-0.2, 0) is 12.4 Å². The number of nitrogens with zero attached hydrogens (tertiary/aromatic N) is 1. The summed E-state index contributed by atoms with van der Waals surface area (Å²) in [5.74, 6) is 0. The molecular formula is C13H13F6NO. The number of aliphatic hydroxyl groups is 1. The molecule has 8 heteroatoms. The Hall–Kier alpha value is -1.44. The zero-order valence-electron chi connectivity index (χ0n) is 10.8. The summed E-state index contributed by atoms with van der Waals surface area (Å²) in [5, 5.41) is 9.36. The molecule has 1 saturated heterocycles. The Bertz CT molecular complexity index is 502. The number of hydrogen-bond donors (Lipinski definition) is 1. The molecule has 0 spiro atoms. The van der Waals surface area contributed by atoms with E-state index in [1.54, 1.807) is 0 Å².